The van der Waals surface area contributed by atoms with E-state index in [0.29, 0.717) is 5.78 Å². The van der Waals surface area contributed by atoms with Gasteiger partial charge in [-0.1, -0.05) is 30.3 Å². The highest BCUT2D eigenvalue weighted by molar-refractivity contribution is 6.11. The van der Waals surface area contributed by atoms with E-state index in [1.165, 1.54) is 0 Å². The summed E-state index contributed by atoms with van der Waals surface area (Å²) in [6.07, 6.45) is 5.51. The molecule has 0 atom stereocenters. The van der Waals surface area contributed by atoms with Crippen molar-refractivity contribution in [2.45, 2.75) is 0 Å². The first-order chi connectivity index (χ1) is 12.9. The highest BCUT2D eigenvalue weighted by Crippen LogP contribution is 2.37. The van der Waals surface area contributed by atoms with Gasteiger partial charge in [-0.3, -0.25) is 9.38 Å². The summed E-state index contributed by atoms with van der Waals surface area (Å²) in [5.41, 5.74) is 5.24. The normalized spacial score (nSPS) is 11.8. The van der Waals surface area contributed by atoms with Crippen molar-refractivity contribution < 1.29 is 4.42 Å². The van der Waals surface area contributed by atoms with E-state index in [1.807, 2.05) is 53.1 Å². The molecule has 6 aromatic rings. The fraction of sp³-hybridized carbons (Fsp3) is 0. The first-order valence-corrected chi connectivity index (χ1v) is 8.38. The third kappa shape index (κ3) is 1.71. The molecule has 0 amide bonds. The van der Waals surface area contributed by atoms with E-state index in [0.717, 1.165) is 44.2 Å². The molecule has 4 aromatic heterocycles. The molecular weight excluding hydrogens is 324 g/mol. The van der Waals surface area contributed by atoms with E-state index in [2.05, 4.69) is 22.1 Å². The van der Waals surface area contributed by atoms with Gasteiger partial charge in [-0.25, -0.2) is 9.97 Å². The van der Waals surface area contributed by atoms with E-state index in [4.69, 9.17) is 9.40 Å². The molecule has 0 saturated heterocycles. The molecule has 5 heteroatoms. The van der Waals surface area contributed by atoms with Crippen molar-refractivity contribution >= 4 is 38.7 Å². The molecule has 26 heavy (non-hydrogen) atoms. The van der Waals surface area contributed by atoms with Crippen molar-refractivity contribution in [2.75, 3.05) is 0 Å². The Labute approximate surface area is 147 Å². The summed E-state index contributed by atoms with van der Waals surface area (Å²) >= 11 is 0. The molecule has 0 N–H and O–H groups in total. The van der Waals surface area contributed by atoms with Gasteiger partial charge in [0.1, 0.15) is 22.4 Å². The number of nitrogens with zero attached hydrogens (tertiary/aromatic N) is 4. The van der Waals surface area contributed by atoms with Gasteiger partial charge in [0.2, 0.25) is 5.78 Å². The van der Waals surface area contributed by atoms with E-state index in [-0.39, 0.29) is 0 Å². The largest absolute Gasteiger partial charge is 0.455 e. The zero-order valence-corrected chi connectivity index (χ0v) is 13.6. The maximum atomic E-state index is 6.17. The molecule has 5 nitrogen and oxygen atoms in total. The first kappa shape index (κ1) is 13.5. The molecule has 4 heterocycles. The molecule has 6 rings (SSSR count). The minimum Gasteiger partial charge on any atom is -0.455 e. The van der Waals surface area contributed by atoms with Crippen LogP contribution < -0.4 is 0 Å². The Morgan fingerprint density at radius 3 is 2.73 bits per heavy atom. The van der Waals surface area contributed by atoms with Crippen LogP contribution in [0, 0.1) is 0 Å². The number of benzene rings is 2. The number of imidazole rings is 1. The molecule has 0 radical (unpaired) electrons. The maximum absolute atomic E-state index is 6.17. The predicted octanol–water partition coefficient (Wildman–Crippen LogP) is 4.84. The number of rotatable bonds is 1. The van der Waals surface area contributed by atoms with Crippen molar-refractivity contribution in [3.8, 4) is 11.3 Å². The summed E-state index contributed by atoms with van der Waals surface area (Å²) in [6, 6.07) is 18.1. The van der Waals surface area contributed by atoms with Gasteiger partial charge >= 0.3 is 0 Å². The molecule has 0 unspecified atom stereocenters. The highest BCUT2D eigenvalue weighted by atomic mass is 16.3. The topological polar surface area (TPSA) is 56.2 Å². The van der Waals surface area contributed by atoms with Crippen molar-refractivity contribution in [3.63, 3.8) is 0 Å². The van der Waals surface area contributed by atoms with Crippen LogP contribution in [-0.4, -0.2) is 19.4 Å². The number of hydrogen-bond acceptors (Lipinski definition) is 4. The maximum Gasteiger partial charge on any atom is 0.234 e. The second kappa shape index (κ2) is 4.89. The van der Waals surface area contributed by atoms with Crippen LogP contribution in [0.1, 0.15) is 0 Å². The van der Waals surface area contributed by atoms with E-state index in [9.17, 15) is 0 Å². The van der Waals surface area contributed by atoms with Crippen LogP contribution in [0.25, 0.3) is 50.0 Å². The van der Waals surface area contributed by atoms with E-state index < -0.39 is 0 Å². The number of fused-ring (bicyclic) bond motifs is 6. The van der Waals surface area contributed by atoms with Crippen molar-refractivity contribution in [1.82, 2.24) is 19.4 Å². The van der Waals surface area contributed by atoms with Gasteiger partial charge in [-0.2, -0.15) is 0 Å². The van der Waals surface area contributed by atoms with Gasteiger partial charge in [0, 0.05) is 34.9 Å². The summed E-state index contributed by atoms with van der Waals surface area (Å²) < 4.78 is 8.14. The lowest BCUT2D eigenvalue weighted by Crippen LogP contribution is -1.87. The van der Waals surface area contributed by atoms with Gasteiger partial charge in [0.25, 0.3) is 0 Å². The Kier molecular flexibility index (Phi) is 2.55. The molecule has 0 saturated carbocycles. The van der Waals surface area contributed by atoms with E-state index in [1.54, 1.807) is 12.4 Å². The standard InChI is InChI=1S/C21H12N4O/c1-2-8-17-13(5-1)14-6-3-7-15(20(14)26-17)18-19-16(9-11-22-18)25-12-4-10-23-21(25)24-19/h1-12H. The molecule has 0 aliphatic rings. The molecule has 0 fully saturated rings. The smallest absolute Gasteiger partial charge is 0.234 e. The van der Waals surface area contributed by atoms with Crippen LogP contribution in [0.2, 0.25) is 0 Å². The number of pyridine rings is 1. The van der Waals surface area contributed by atoms with Crippen LogP contribution in [0.5, 0.6) is 0 Å². The minimum absolute atomic E-state index is 0.661. The second-order valence-electron chi connectivity index (χ2n) is 6.21. The molecule has 122 valence electrons. The Balaban J connectivity index is 1.76. The van der Waals surface area contributed by atoms with Gasteiger partial charge < -0.3 is 4.42 Å². The number of hydrogen-bond donors (Lipinski definition) is 0. The van der Waals surface area contributed by atoms with Gasteiger partial charge in [-0.15, -0.1) is 0 Å². The van der Waals surface area contributed by atoms with Crippen LogP contribution in [0.3, 0.4) is 0 Å². The zero-order valence-electron chi connectivity index (χ0n) is 13.6. The van der Waals surface area contributed by atoms with Crippen molar-refractivity contribution in [2.24, 2.45) is 0 Å². The van der Waals surface area contributed by atoms with E-state index >= 15 is 0 Å². The lowest BCUT2D eigenvalue weighted by atomic mass is 10.1. The number of para-hydroxylation sites is 2. The molecule has 0 spiro atoms. The summed E-state index contributed by atoms with van der Waals surface area (Å²) in [6.45, 7) is 0. The Bertz CT molecular complexity index is 1330. The predicted molar refractivity (Wildman–Crippen MR) is 101 cm³/mol. The van der Waals surface area contributed by atoms with Crippen LogP contribution in [0.4, 0.5) is 0 Å². The Morgan fingerprint density at radius 1 is 0.808 bits per heavy atom. The van der Waals surface area contributed by atoms with Crippen molar-refractivity contribution in [3.05, 3.63) is 73.2 Å². The summed E-state index contributed by atoms with van der Waals surface area (Å²) in [5, 5.41) is 2.19. The summed E-state index contributed by atoms with van der Waals surface area (Å²) in [7, 11) is 0. The monoisotopic (exact) mass is 336 g/mol. The lowest BCUT2D eigenvalue weighted by Gasteiger charge is -2.03. The molecule has 0 aliphatic heterocycles. The minimum atomic E-state index is 0.661. The number of aromatic nitrogens is 4. The van der Waals surface area contributed by atoms with Crippen LogP contribution >= 0.6 is 0 Å². The Hall–Kier alpha value is -3.73. The zero-order chi connectivity index (χ0) is 17.1. The third-order valence-electron chi connectivity index (χ3n) is 4.76. The SMILES string of the molecule is c1ccc2c(c1)oc1c(-c3nccc4c3nc3ncccn34)cccc12. The molecular formula is C21H12N4O. The van der Waals surface area contributed by atoms with Gasteiger partial charge in [0.05, 0.1) is 5.52 Å². The highest BCUT2D eigenvalue weighted by Gasteiger charge is 2.17. The third-order valence-corrected chi connectivity index (χ3v) is 4.76. The number of furan rings is 1. The van der Waals surface area contributed by atoms with Gasteiger partial charge in [-0.05, 0) is 24.3 Å². The first-order valence-electron chi connectivity index (χ1n) is 8.38. The quantitative estimate of drug-likeness (QED) is 0.431. The summed E-state index contributed by atoms with van der Waals surface area (Å²) in [5.74, 6) is 0.661. The Morgan fingerprint density at radius 2 is 1.73 bits per heavy atom. The van der Waals surface area contributed by atoms with Crippen LogP contribution in [0.15, 0.2) is 77.6 Å². The lowest BCUT2D eigenvalue weighted by molar-refractivity contribution is 0.670. The molecule has 0 bridgehead atoms. The summed E-state index contributed by atoms with van der Waals surface area (Å²) in [4.78, 5) is 13.7. The van der Waals surface area contributed by atoms with Gasteiger partial charge in [0.15, 0.2) is 0 Å². The van der Waals surface area contributed by atoms with Crippen molar-refractivity contribution in [1.29, 1.82) is 0 Å². The average Bonchev–Trinajstić information content (AvgIpc) is 3.26. The fourth-order valence-corrected chi connectivity index (χ4v) is 3.61. The fourth-order valence-electron chi connectivity index (χ4n) is 3.61. The van der Waals surface area contributed by atoms with Crippen LogP contribution in [-0.2, 0) is 0 Å². The molecule has 0 aliphatic carbocycles. The molecule has 2 aromatic carbocycles. The second-order valence-corrected chi connectivity index (χ2v) is 6.21. The average molecular weight is 336 g/mol.